The Morgan fingerprint density at radius 2 is 2.05 bits per heavy atom. The Morgan fingerprint density at radius 3 is 2.58 bits per heavy atom. The van der Waals surface area contributed by atoms with Crippen LogP contribution in [0.1, 0.15) is 23.7 Å². The highest BCUT2D eigenvalue weighted by atomic mass is 16.5. The summed E-state index contributed by atoms with van der Waals surface area (Å²) in [6.07, 6.45) is -2.69. The maximum absolute atomic E-state index is 10.8. The van der Waals surface area contributed by atoms with Crippen molar-refractivity contribution in [2.45, 2.75) is 25.0 Å². The quantitative estimate of drug-likeness (QED) is 0.560. The van der Waals surface area contributed by atoms with Gasteiger partial charge in [-0.3, -0.25) is 4.79 Å². The molecule has 6 heteroatoms. The van der Waals surface area contributed by atoms with Gasteiger partial charge in [0, 0.05) is 6.61 Å². The molecular formula is C13H18O6. The lowest BCUT2D eigenvalue weighted by molar-refractivity contribution is -0.136. The molecule has 0 aromatic heterocycles. The molecule has 0 saturated heterocycles. The topological polar surface area (TPSA) is 107 Å². The molecule has 0 bridgehead atoms. The van der Waals surface area contributed by atoms with Gasteiger partial charge in [0.05, 0.1) is 19.6 Å². The number of aliphatic carboxylic acids is 1. The second-order valence-electron chi connectivity index (χ2n) is 4.16. The van der Waals surface area contributed by atoms with Crippen LogP contribution in [0.5, 0.6) is 5.75 Å². The van der Waals surface area contributed by atoms with E-state index in [2.05, 4.69) is 0 Å². The van der Waals surface area contributed by atoms with Gasteiger partial charge in [-0.15, -0.1) is 0 Å². The molecule has 2 atom stereocenters. The van der Waals surface area contributed by atoms with Gasteiger partial charge in [0.15, 0.2) is 0 Å². The first-order chi connectivity index (χ1) is 8.99. The Labute approximate surface area is 110 Å². The number of rotatable bonds is 7. The molecule has 1 aromatic rings. The zero-order valence-corrected chi connectivity index (χ0v) is 10.6. The van der Waals surface area contributed by atoms with Crippen molar-refractivity contribution in [3.05, 3.63) is 29.3 Å². The molecule has 0 spiro atoms. The fourth-order valence-electron chi connectivity index (χ4n) is 1.80. The van der Waals surface area contributed by atoms with Crippen molar-refractivity contribution in [1.82, 2.24) is 0 Å². The van der Waals surface area contributed by atoms with E-state index in [1.165, 1.54) is 19.2 Å². The first kappa shape index (κ1) is 15.4. The maximum atomic E-state index is 10.8. The van der Waals surface area contributed by atoms with Crippen LogP contribution < -0.4 is 4.74 Å². The Kier molecular flexibility index (Phi) is 5.75. The summed E-state index contributed by atoms with van der Waals surface area (Å²) >= 11 is 0. The zero-order chi connectivity index (χ0) is 14.4. The number of hydrogen-bond donors (Lipinski definition) is 4. The van der Waals surface area contributed by atoms with E-state index < -0.39 is 18.2 Å². The van der Waals surface area contributed by atoms with Crippen LogP contribution >= 0.6 is 0 Å². The van der Waals surface area contributed by atoms with Gasteiger partial charge in [-0.2, -0.15) is 0 Å². The van der Waals surface area contributed by atoms with E-state index in [1.807, 2.05) is 0 Å². The van der Waals surface area contributed by atoms with E-state index in [0.29, 0.717) is 16.9 Å². The van der Waals surface area contributed by atoms with Gasteiger partial charge in [0.2, 0.25) is 0 Å². The number of aliphatic hydroxyl groups is 3. The molecule has 19 heavy (non-hydrogen) atoms. The molecule has 0 fully saturated rings. The lowest BCUT2D eigenvalue weighted by Crippen LogP contribution is -2.21. The second kappa shape index (κ2) is 7.08. The van der Waals surface area contributed by atoms with Gasteiger partial charge in [0.1, 0.15) is 11.9 Å². The first-order valence-corrected chi connectivity index (χ1v) is 5.85. The lowest BCUT2D eigenvalue weighted by Gasteiger charge is -2.20. The van der Waals surface area contributed by atoms with Crippen LogP contribution in [0.2, 0.25) is 0 Å². The molecule has 0 aliphatic carbocycles. The van der Waals surface area contributed by atoms with Crippen LogP contribution in [0, 0.1) is 0 Å². The smallest absolute Gasteiger partial charge is 0.307 e. The van der Waals surface area contributed by atoms with E-state index in [-0.39, 0.29) is 19.4 Å². The summed E-state index contributed by atoms with van der Waals surface area (Å²) in [6, 6.07) is 4.62. The van der Waals surface area contributed by atoms with E-state index in [4.69, 9.17) is 14.9 Å². The highest BCUT2D eigenvalue weighted by molar-refractivity contribution is 5.71. The molecule has 0 amide bonds. The van der Waals surface area contributed by atoms with Crippen molar-refractivity contribution in [1.29, 1.82) is 0 Å². The Hall–Kier alpha value is -1.63. The predicted octanol–water partition coefficient (Wildman–Crippen LogP) is 0.0990. The molecule has 106 valence electrons. The van der Waals surface area contributed by atoms with E-state index in [0.717, 1.165) is 0 Å². The molecular weight excluding hydrogens is 252 g/mol. The third-order valence-electron chi connectivity index (χ3n) is 2.80. The first-order valence-electron chi connectivity index (χ1n) is 5.85. The third kappa shape index (κ3) is 4.20. The number of methoxy groups -OCH3 is 1. The Balaban J connectivity index is 3.08. The number of carboxylic acids is 1. The normalized spacial score (nSPS) is 13.9. The Morgan fingerprint density at radius 1 is 1.37 bits per heavy atom. The molecule has 4 N–H and O–H groups in total. The summed E-state index contributed by atoms with van der Waals surface area (Å²) < 4.78 is 5.02. The number of aliphatic hydroxyl groups excluding tert-OH is 3. The van der Waals surface area contributed by atoms with Crippen molar-refractivity contribution in [3.8, 4) is 5.75 Å². The van der Waals surface area contributed by atoms with Crippen molar-refractivity contribution in [3.63, 3.8) is 0 Å². The lowest BCUT2D eigenvalue weighted by atomic mass is 9.95. The van der Waals surface area contributed by atoms with Gasteiger partial charge in [-0.25, -0.2) is 0 Å². The number of hydrogen-bond acceptors (Lipinski definition) is 5. The van der Waals surface area contributed by atoms with Crippen LogP contribution in [-0.2, 0) is 11.2 Å². The molecule has 0 radical (unpaired) electrons. The van der Waals surface area contributed by atoms with E-state index >= 15 is 0 Å². The Bertz CT molecular complexity index is 431. The van der Waals surface area contributed by atoms with Crippen molar-refractivity contribution in [2.24, 2.45) is 0 Å². The molecule has 1 aromatic carbocycles. The summed E-state index contributed by atoms with van der Waals surface area (Å²) in [6.45, 7) is -0.267. The monoisotopic (exact) mass is 270 g/mol. The van der Waals surface area contributed by atoms with Gasteiger partial charge in [-0.1, -0.05) is 6.07 Å². The number of carboxylic acid groups (broad SMARTS) is 1. The van der Waals surface area contributed by atoms with Crippen LogP contribution in [0.15, 0.2) is 18.2 Å². The molecule has 0 aliphatic heterocycles. The maximum Gasteiger partial charge on any atom is 0.307 e. The summed E-state index contributed by atoms with van der Waals surface area (Å²) in [5.74, 6) is -0.574. The van der Waals surface area contributed by atoms with Crippen LogP contribution in [0.4, 0.5) is 0 Å². The largest absolute Gasteiger partial charge is 0.497 e. The van der Waals surface area contributed by atoms with Gasteiger partial charge in [-0.05, 0) is 29.7 Å². The number of ether oxygens (including phenoxy) is 1. The standard InChI is InChI=1S/C13H18O6/c1-19-9-3-2-8(6-12(16)17)10(7-9)13(18)11(15)4-5-14/h2-3,7,11,13-15,18H,4-6H2,1H3,(H,16,17). The van der Waals surface area contributed by atoms with Gasteiger partial charge in [0.25, 0.3) is 0 Å². The molecule has 2 unspecified atom stereocenters. The average molecular weight is 270 g/mol. The summed E-state index contributed by atoms with van der Waals surface area (Å²) in [4.78, 5) is 10.8. The highest BCUT2D eigenvalue weighted by Crippen LogP contribution is 2.27. The van der Waals surface area contributed by atoms with Crippen LogP contribution in [0.3, 0.4) is 0 Å². The zero-order valence-electron chi connectivity index (χ0n) is 10.6. The summed E-state index contributed by atoms with van der Waals surface area (Å²) in [7, 11) is 1.45. The molecule has 6 nitrogen and oxygen atoms in total. The van der Waals surface area contributed by atoms with Crippen molar-refractivity contribution < 1.29 is 30.0 Å². The SMILES string of the molecule is COc1ccc(CC(=O)O)c(C(O)C(O)CCO)c1. The summed E-state index contributed by atoms with van der Waals surface area (Å²) in [5, 5.41) is 37.3. The molecule has 0 saturated carbocycles. The minimum absolute atomic E-state index is 0.00485. The van der Waals surface area contributed by atoms with Gasteiger partial charge >= 0.3 is 5.97 Å². The fraction of sp³-hybridized carbons (Fsp3) is 0.462. The van der Waals surface area contributed by atoms with Gasteiger partial charge < -0.3 is 25.2 Å². The minimum atomic E-state index is -1.27. The van der Waals surface area contributed by atoms with Crippen molar-refractivity contribution >= 4 is 5.97 Å². The van der Waals surface area contributed by atoms with E-state index in [1.54, 1.807) is 6.07 Å². The second-order valence-corrected chi connectivity index (χ2v) is 4.16. The van der Waals surface area contributed by atoms with Crippen LogP contribution in [-0.4, -0.2) is 46.2 Å². The molecule has 0 aliphatic rings. The highest BCUT2D eigenvalue weighted by Gasteiger charge is 2.22. The molecule has 1 rings (SSSR count). The fourth-order valence-corrected chi connectivity index (χ4v) is 1.80. The van der Waals surface area contributed by atoms with Crippen LogP contribution in [0.25, 0.3) is 0 Å². The van der Waals surface area contributed by atoms with E-state index in [9.17, 15) is 15.0 Å². The average Bonchev–Trinajstić information content (AvgIpc) is 2.38. The number of benzene rings is 1. The number of carbonyl (C=O) groups is 1. The minimum Gasteiger partial charge on any atom is -0.497 e. The molecule has 0 heterocycles. The predicted molar refractivity (Wildman–Crippen MR) is 67.0 cm³/mol. The summed E-state index contributed by atoms with van der Waals surface area (Å²) in [5.41, 5.74) is 0.695. The van der Waals surface area contributed by atoms with Crippen molar-refractivity contribution in [2.75, 3.05) is 13.7 Å². The third-order valence-corrected chi connectivity index (χ3v) is 2.80.